The van der Waals surface area contributed by atoms with E-state index in [0.29, 0.717) is 27.3 Å². The second-order valence-electron chi connectivity index (χ2n) is 5.11. The molecule has 1 aromatic heterocycles. The molecule has 1 aliphatic rings. The molecule has 0 unspecified atom stereocenters. The number of para-hydroxylation sites is 1. The molecule has 1 saturated carbocycles. The summed E-state index contributed by atoms with van der Waals surface area (Å²) in [4.78, 5) is 16.7. The van der Waals surface area contributed by atoms with Gasteiger partial charge in [-0.1, -0.05) is 29.3 Å². The van der Waals surface area contributed by atoms with E-state index in [0.717, 1.165) is 17.8 Å². The van der Waals surface area contributed by atoms with Crippen molar-refractivity contribution in [1.29, 1.82) is 5.26 Å². The van der Waals surface area contributed by atoms with Crippen LogP contribution < -0.4 is 5.32 Å². The Labute approximate surface area is 147 Å². The van der Waals surface area contributed by atoms with E-state index in [9.17, 15) is 10.1 Å². The van der Waals surface area contributed by atoms with E-state index in [2.05, 4.69) is 10.3 Å². The van der Waals surface area contributed by atoms with Crippen LogP contribution in [0.5, 0.6) is 0 Å². The molecule has 2 aromatic rings. The van der Waals surface area contributed by atoms with Crippen molar-refractivity contribution in [3.8, 4) is 6.07 Å². The SMILES string of the molecule is N#CC(=Cc1csc(C2CC2)n1)C(=O)Nc1c(Cl)cccc1Cl. The fourth-order valence-corrected chi connectivity index (χ4v) is 3.42. The molecule has 0 spiro atoms. The van der Waals surface area contributed by atoms with Crippen LogP contribution in [0.3, 0.4) is 0 Å². The summed E-state index contributed by atoms with van der Waals surface area (Å²) in [5.74, 6) is -0.0214. The van der Waals surface area contributed by atoms with Gasteiger partial charge >= 0.3 is 0 Å². The van der Waals surface area contributed by atoms with E-state index in [1.165, 1.54) is 6.08 Å². The topological polar surface area (TPSA) is 65.8 Å². The lowest BCUT2D eigenvalue weighted by atomic mass is 10.2. The zero-order chi connectivity index (χ0) is 16.4. The Kier molecular flexibility index (Phi) is 4.67. The van der Waals surface area contributed by atoms with Crippen molar-refractivity contribution < 1.29 is 4.79 Å². The van der Waals surface area contributed by atoms with Crippen LogP contribution in [0.4, 0.5) is 5.69 Å². The number of aromatic nitrogens is 1. The number of nitrogens with zero attached hydrogens (tertiary/aromatic N) is 2. The number of carbonyl (C=O) groups is 1. The van der Waals surface area contributed by atoms with Crippen molar-refractivity contribution in [1.82, 2.24) is 4.98 Å². The van der Waals surface area contributed by atoms with Crippen LogP contribution in [0.15, 0.2) is 29.2 Å². The van der Waals surface area contributed by atoms with Gasteiger partial charge in [0, 0.05) is 11.3 Å². The summed E-state index contributed by atoms with van der Waals surface area (Å²) in [7, 11) is 0. The Morgan fingerprint density at radius 3 is 2.70 bits per heavy atom. The summed E-state index contributed by atoms with van der Waals surface area (Å²) >= 11 is 13.6. The highest BCUT2D eigenvalue weighted by Gasteiger charge is 2.26. The van der Waals surface area contributed by atoms with Gasteiger partial charge in [0.05, 0.1) is 26.4 Å². The minimum absolute atomic E-state index is 0.0476. The van der Waals surface area contributed by atoms with Crippen molar-refractivity contribution in [3.05, 3.63) is 49.9 Å². The average molecular weight is 364 g/mol. The predicted molar refractivity (Wildman–Crippen MR) is 92.8 cm³/mol. The number of benzene rings is 1. The van der Waals surface area contributed by atoms with Gasteiger partial charge in [0.1, 0.15) is 11.6 Å². The summed E-state index contributed by atoms with van der Waals surface area (Å²) in [6, 6.07) is 6.79. The Balaban J connectivity index is 1.80. The highest BCUT2D eigenvalue weighted by atomic mass is 35.5. The van der Waals surface area contributed by atoms with Gasteiger partial charge in [-0.15, -0.1) is 11.3 Å². The normalized spacial score (nSPS) is 14.4. The quantitative estimate of drug-likeness (QED) is 0.622. The van der Waals surface area contributed by atoms with Gasteiger partial charge in [-0.05, 0) is 31.1 Å². The molecule has 1 amide bonds. The summed E-state index contributed by atoms with van der Waals surface area (Å²) < 4.78 is 0. The fourth-order valence-electron chi connectivity index (χ4n) is 1.98. The third kappa shape index (κ3) is 3.73. The first-order chi connectivity index (χ1) is 11.1. The van der Waals surface area contributed by atoms with Crippen LogP contribution in [-0.2, 0) is 4.79 Å². The lowest BCUT2D eigenvalue weighted by molar-refractivity contribution is -0.112. The number of rotatable bonds is 4. The fraction of sp³-hybridized carbons (Fsp3) is 0.188. The molecular weight excluding hydrogens is 353 g/mol. The average Bonchev–Trinajstić information content (AvgIpc) is 3.28. The van der Waals surface area contributed by atoms with Crippen LogP contribution in [0.2, 0.25) is 10.0 Å². The van der Waals surface area contributed by atoms with Gasteiger partial charge in [0.25, 0.3) is 5.91 Å². The molecule has 4 nitrogen and oxygen atoms in total. The number of carbonyl (C=O) groups excluding carboxylic acids is 1. The first-order valence-corrected chi connectivity index (χ1v) is 8.54. The van der Waals surface area contributed by atoms with Crippen LogP contribution in [0, 0.1) is 11.3 Å². The third-order valence-electron chi connectivity index (χ3n) is 3.32. The third-order valence-corrected chi connectivity index (χ3v) is 4.98. The Morgan fingerprint density at radius 1 is 1.39 bits per heavy atom. The van der Waals surface area contributed by atoms with Gasteiger partial charge in [-0.3, -0.25) is 4.79 Å². The number of hydrogen-bond acceptors (Lipinski definition) is 4. The maximum absolute atomic E-state index is 12.3. The van der Waals surface area contributed by atoms with Crippen molar-refractivity contribution >= 4 is 52.2 Å². The van der Waals surface area contributed by atoms with Crippen LogP contribution in [0.25, 0.3) is 6.08 Å². The zero-order valence-corrected chi connectivity index (χ0v) is 14.2. The van der Waals surface area contributed by atoms with Crippen molar-refractivity contribution in [2.24, 2.45) is 0 Å². The molecule has 1 fully saturated rings. The largest absolute Gasteiger partial charge is 0.319 e. The molecule has 0 radical (unpaired) electrons. The lowest BCUT2D eigenvalue weighted by Gasteiger charge is -2.08. The molecule has 1 heterocycles. The van der Waals surface area contributed by atoms with E-state index in [-0.39, 0.29) is 5.57 Å². The van der Waals surface area contributed by atoms with E-state index in [1.807, 2.05) is 11.4 Å². The summed E-state index contributed by atoms with van der Waals surface area (Å²) in [5, 5.41) is 15.3. The number of nitrogens with one attached hydrogen (secondary N) is 1. The number of hydrogen-bond donors (Lipinski definition) is 1. The Bertz CT molecular complexity index is 814. The molecule has 0 atom stereocenters. The van der Waals surface area contributed by atoms with Crippen LogP contribution in [0.1, 0.15) is 29.5 Å². The molecule has 23 heavy (non-hydrogen) atoms. The molecule has 0 aliphatic heterocycles. The monoisotopic (exact) mass is 363 g/mol. The minimum Gasteiger partial charge on any atom is -0.319 e. The van der Waals surface area contributed by atoms with E-state index in [1.54, 1.807) is 29.5 Å². The molecule has 116 valence electrons. The summed E-state index contributed by atoms with van der Waals surface area (Å²) in [6.07, 6.45) is 3.79. The Morgan fingerprint density at radius 2 is 2.09 bits per heavy atom. The standard InChI is InChI=1S/C16H11Cl2N3OS/c17-12-2-1-3-13(18)14(12)21-15(22)10(7-19)6-11-8-23-16(20-11)9-4-5-9/h1-3,6,8-9H,4-5H2,(H,21,22). The van der Waals surface area contributed by atoms with E-state index in [4.69, 9.17) is 23.2 Å². The molecule has 1 aromatic carbocycles. The number of anilines is 1. The molecule has 0 bridgehead atoms. The number of amides is 1. The molecule has 1 aliphatic carbocycles. The molecule has 3 rings (SSSR count). The molecular formula is C16H11Cl2N3OS. The zero-order valence-electron chi connectivity index (χ0n) is 11.8. The van der Waals surface area contributed by atoms with E-state index < -0.39 is 5.91 Å². The predicted octanol–water partition coefficient (Wildman–Crippen LogP) is 4.87. The summed E-state index contributed by atoms with van der Waals surface area (Å²) in [5.41, 5.74) is 0.862. The second-order valence-corrected chi connectivity index (χ2v) is 6.81. The maximum Gasteiger partial charge on any atom is 0.266 e. The van der Waals surface area contributed by atoms with Crippen LogP contribution in [-0.4, -0.2) is 10.9 Å². The lowest BCUT2D eigenvalue weighted by Crippen LogP contribution is -2.14. The first-order valence-electron chi connectivity index (χ1n) is 6.91. The van der Waals surface area contributed by atoms with Gasteiger partial charge in [-0.2, -0.15) is 5.26 Å². The van der Waals surface area contributed by atoms with Crippen LogP contribution >= 0.6 is 34.5 Å². The second kappa shape index (κ2) is 6.71. The molecule has 1 N–H and O–H groups in total. The smallest absolute Gasteiger partial charge is 0.266 e. The number of halogens is 2. The first kappa shape index (κ1) is 16.0. The summed E-state index contributed by atoms with van der Waals surface area (Å²) in [6.45, 7) is 0. The van der Waals surface area contributed by atoms with Gasteiger partial charge < -0.3 is 5.32 Å². The van der Waals surface area contributed by atoms with Gasteiger partial charge in [-0.25, -0.2) is 4.98 Å². The van der Waals surface area contributed by atoms with Crippen molar-refractivity contribution in [2.45, 2.75) is 18.8 Å². The highest BCUT2D eigenvalue weighted by Crippen LogP contribution is 2.41. The number of thiazole rings is 1. The van der Waals surface area contributed by atoms with Crippen molar-refractivity contribution in [3.63, 3.8) is 0 Å². The van der Waals surface area contributed by atoms with Gasteiger partial charge in [0.15, 0.2) is 0 Å². The van der Waals surface area contributed by atoms with Crippen molar-refractivity contribution in [2.75, 3.05) is 5.32 Å². The van der Waals surface area contributed by atoms with Gasteiger partial charge in [0.2, 0.25) is 0 Å². The maximum atomic E-state index is 12.3. The minimum atomic E-state index is -0.566. The Hall–Kier alpha value is -1.87. The molecule has 7 heteroatoms. The number of nitriles is 1. The molecule has 0 saturated heterocycles. The highest BCUT2D eigenvalue weighted by molar-refractivity contribution is 7.09. The van der Waals surface area contributed by atoms with E-state index >= 15 is 0 Å².